The zero-order valence-corrected chi connectivity index (χ0v) is 11.5. The molecule has 0 saturated heterocycles. The number of benzene rings is 2. The van der Waals surface area contributed by atoms with Crippen LogP contribution < -0.4 is 4.74 Å². The number of nitrogens with one attached hydrogen (secondary N) is 1. The van der Waals surface area contributed by atoms with Crippen LogP contribution in [0.15, 0.2) is 54.6 Å². The lowest BCUT2D eigenvalue weighted by Gasteiger charge is -2.10. The molecule has 0 spiro atoms. The number of aromatic nitrogens is 3. The number of fused-ring (bicyclic) bond motifs is 2. The molecular weight excluding hydrogens is 262 g/mol. The van der Waals surface area contributed by atoms with Gasteiger partial charge in [-0.3, -0.25) is 5.10 Å². The maximum absolute atomic E-state index is 6.14. The fourth-order valence-electron chi connectivity index (χ4n) is 2.49. The number of aryl methyl sites for hydroxylation is 1. The summed E-state index contributed by atoms with van der Waals surface area (Å²) in [7, 11) is 0. The van der Waals surface area contributed by atoms with E-state index in [9.17, 15) is 0 Å². The van der Waals surface area contributed by atoms with Gasteiger partial charge >= 0.3 is 0 Å². The minimum Gasteiger partial charge on any atom is -0.456 e. The molecule has 0 atom stereocenters. The van der Waals surface area contributed by atoms with Crippen molar-refractivity contribution in [2.75, 3.05) is 0 Å². The summed E-state index contributed by atoms with van der Waals surface area (Å²) in [5, 5.41) is 9.15. The van der Waals surface area contributed by atoms with Gasteiger partial charge in [-0.1, -0.05) is 30.3 Å². The summed E-state index contributed by atoms with van der Waals surface area (Å²) in [5.74, 6) is 1.60. The van der Waals surface area contributed by atoms with Crippen LogP contribution in [0.2, 0.25) is 0 Å². The third-order valence-electron chi connectivity index (χ3n) is 3.49. The molecule has 4 aromatic rings. The highest BCUT2D eigenvalue weighted by molar-refractivity contribution is 6.00. The van der Waals surface area contributed by atoms with Crippen LogP contribution in [0.5, 0.6) is 11.5 Å². The average molecular weight is 275 g/mol. The third-order valence-corrected chi connectivity index (χ3v) is 3.49. The quantitative estimate of drug-likeness (QED) is 0.596. The Morgan fingerprint density at radius 2 is 1.71 bits per heavy atom. The molecule has 0 radical (unpaired) electrons. The fourth-order valence-corrected chi connectivity index (χ4v) is 2.49. The number of ether oxygens (including phenoxy) is 1. The maximum atomic E-state index is 6.14. The van der Waals surface area contributed by atoms with Crippen LogP contribution in [-0.2, 0) is 0 Å². The first-order valence-electron chi connectivity index (χ1n) is 6.79. The lowest BCUT2D eigenvalue weighted by molar-refractivity contribution is 0.493. The molecule has 21 heavy (non-hydrogen) atoms. The molecule has 4 nitrogen and oxygen atoms in total. The molecule has 0 unspecified atom stereocenters. The highest BCUT2D eigenvalue weighted by Crippen LogP contribution is 2.36. The minimum absolute atomic E-state index is 0.678. The van der Waals surface area contributed by atoms with Crippen LogP contribution >= 0.6 is 0 Å². The van der Waals surface area contributed by atoms with Gasteiger partial charge in [0.25, 0.3) is 0 Å². The molecule has 2 heterocycles. The van der Waals surface area contributed by atoms with E-state index < -0.39 is 0 Å². The Hall–Kier alpha value is -2.88. The molecule has 4 rings (SSSR count). The second-order valence-corrected chi connectivity index (χ2v) is 4.92. The summed E-state index contributed by atoms with van der Waals surface area (Å²) >= 11 is 0. The number of aromatic amines is 1. The molecule has 0 amide bonds. The molecule has 1 N–H and O–H groups in total. The topological polar surface area (TPSA) is 50.8 Å². The summed E-state index contributed by atoms with van der Waals surface area (Å²) in [6.07, 6.45) is 0. The summed E-state index contributed by atoms with van der Waals surface area (Å²) in [4.78, 5) is 4.58. The van der Waals surface area contributed by atoms with E-state index in [4.69, 9.17) is 4.74 Å². The SMILES string of the molecule is Cc1[nH]nc2nc3ccccc3c(Oc3ccccc3)c12. The van der Waals surface area contributed by atoms with E-state index in [0.29, 0.717) is 5.65 Å². The van der Waals surface area contributed by atoms with E-state index in [-0.39, 0.29) is 0 Å². The van der Waals surface area contributed by atoms with Gasteiger partial charge in [0.1, 0.15) is 11.5 Å². The predicted octanol–water partition coefficient (Wildman–Crippen LogP) is 4.21. The first kappa shape index (κ1) is 11.9. The Morgan fingerprint density at radius 3 is 2.57 bits per heavy atom. The smallest absolute Gasteiger partial charge is 0.185 e. The Bertz CT molecular complexity index is 929. The second-order valence-electron chi connectivity index (χ2n) is 4.92. The molecule has 2 aromatic carbocycles. The molecule has 102 valence electrons. The fraction of sp³-hybridized carbons (Fsp3) is 0.0588. The van der Waals surface area contributed by atoms with E-state index >= 15 is 0 Å². The van der Waals surface area contributed by atoms with Crippen LogP contribution in [0.4, 0.5) is 0 Å². The molecule has 0 aliphatic rings. The molecular formula is C17H13N3O. The molecule has 0 saturated carbocycles. The van der Waals surface area contributed by atoms with Crippen molar-refractivity contribution >= 4 is 21.9 Å². The van der Waals surface area contributed by atoms with Crippen LogP contribution in [0.1, 0.15) is 5.69 Å². The monoisotopic (exact) mass is 275 g/mol. The molecule has 4 heteroatoms. The summed E-state index contributed by atoms with van der Waals surface area (Å²) in [5.41, 5.74) is 2.51. The number of hydrogen-bond acceptors (Lipinski definition) is 3. The molecule has 0 aliphatic carbocycles. The number of para-hydroxylation sites is 2. The zero-order chi connectivity index (χ0) is 14.2. The summed E-state index contributed by atoms with van der Waals surface area (Å²) < 4.78 is 6.14. The first-order valence-corrected chi connectivity index (χ1v) is 6.79. The van der Waals surface area contributed by atoms with Gasteiger partial charge in [0.05, 0.1) is 10.9 Å². The molecule has 0 fully saturated rings. The van der Waals surface area contributed by atoms with E-state index in [1.54, 1.807) is 0 Å². The normalized spacial score (nSPS) is 11.1. The molecule has 0 aliphatic heterocycles. The molecule has 0 bridgehead atoms. The van der Waals surface area contributed by atoms with Crippen molar-refractivity contribution in [3.63, 3.8) is 0 Å². The largest absolute Gasteiger partial charge is 0.456 e. The number of rotatable bonds is 2. The highest BCUT2D eigenvalue weighted by atomic mass is 16.5. The number of H-pyrrole nitrogens is 1. The number of hydrogen-bond donors (Lipinski definition) is 1. The van der Waals surface area contributed by atoms with Gasteiger partial charge in [0.15, 0.2) is 5.65 Å². The lowest BCUT2D eigenvalue weighted by Crippen LogP contribution is -1.90. The molecule has 2 aromatic heterocycles. The van der Waals surface area contributed by atoms with Crippen molar-refractivity contribution in [1.82, 2.24) is 15.2 Å². The summed E-state index contributed by atoms with van der Waals surface area (Å²) in [6.45, 7) is 1.98. The number of pyridine rings is 1. The van der Waals surface area contributed by atoms with Crippen molar-refractivity contribution in [3.8, 4) is 11.5 Å². The van der Waals surface area contributed by atoms with Crippen LogP contribution in [0, 0.1) is 6.92 Å². The van der Waals surface area contributed by atoms with E-state index in [0.717, 1.165) is 33.5 Å². The van der Waals surface area contributed by atoms with Gasteiger partial charge in [0.2, 0.25) is 0 Å². The van der Waals surface area contributed by atoms with Gasteiger partial charge in [0, 0.05) is 11.1 Å². The second kappa shape index (κ2) is 4.59. The van der Waals surface area contributed by atoms with E-state index in [2.05, 4.69) is 15.2 Å². The van der Waals surface area contributed by atoms with Crippen molar-refractivity contribution in [1.29, 1.82) is 0 Å². The highest BCUT2D eigenvalue weighted by Gasteiger charge is 2.15. The Labute approximate surface area is 121 Å². The van der Waals surface area contributed by atoms with Crippen LogP contribution in [-0.4, -0.2) is 15.2 Å². The van der Waals surface area contributed by atoms with Gasteiger partial charge in [-0.15, -0.1) is 0 Å². The first-order chi connectivity index (χ1) is 10.3. The van der Waals surface area contributed by atoms with Crippen molar-refractivity contribution in [2.45, 2.75) is 6.92 Å². The van der Waals surface area contributed by atoms with Crippen molar-refractivity contribution < 1.29 is 4.74 Å². The van der Waals surface area contributed by atoms with Gasteiger partial charge in [-0.25, -0.2) is 4.98 Å². The maximum Gasteiger partial charge on any atom is 0.185 e. The Balaban J connectivity index is 2.04. The summed E-state index contributed by atoms with van der Waals surface area (Å²) in [6, 6.07) is 17.7. The van der Waals surface area contributed by atoms with Crippen molar-refractivity contribution in [2.24, 2.45) is 0 Å². The average Bonchev–Trinajstić information content (AvgIpc) is 2.89. The number of nitrogens with zero attached hydrogens (tertiary/aromatic N) is 2. The zero-order valence-electron chi connectivity index (χ0n) is 11.5. The van der Waals surface area contributed by atoms with Gasteiger partial charge < -0.3 is 4.74 Å². The standard InChI is InChI=1S/C17H13N3O/c1-11-15-16(21-12-7-3-2-4-8-12)13-9-5-6-10-14(13)18-17(15)20-19-11/h2-10H,1H3,(H,18,19,20). The van der Waals surface area contributed by atoms with Gasteiger partial charge in [-0.2, -0.15) is 5.10 Å². The van der Waals surface area contributed by atoms with E-state index in [1.807, 2.05) is 61.5 Å². The third kappa shape index (κ3) is 1.92. The van der Waals surface area contributed by atoms with Crippen molar-refractivity contribution in [3.05, 3.63) is 60.3 Å². The lowest BCUT2D eigenvalue weighted by atomic mass is 10.1. The minimum atomic E-state index is 0.678. The Morgan fingerprint density at radius 1 is 0.952 bits per heavy atom. The van der Waals surface area contributed by atoms with Crippen LogP contribution in [0.25, 0.3) is 21.9 Å². The van der Waals surface area contributed by atoms with E-state index in [1.165, 1.54) is 0 Å². The van der Waals surface area contributed by atoms with Gasteiger partial charge in [-0.05, 0) is 31.2 Å². The predicted molar refractivity (Wildman–Crippen MR) is 82.6 cm³/mol. The Kier molecular flexibility index (Phi) is 2.60. The van der Waals surface area contributed by atoms with Crippen LogP contribution in [0.3, 0.4) is 0 Å².